The Kier molecular flexibility index (Phi) is 5.59. The molecule has 122 valence electrons. The monoisotopic (exact) mass is 344 g/mol. The van der Waals surface area contributed by atoms with Crippen LogP contribution >= 0.6 is 23.2 Å². The molecule has 0 bridgehead atoms. The molecule has 1 aliphatic rings. The second-order valence-corrected chi connectivity index (χ2v) is 7.24. The Bertz CT molecular complexity index is 535. The van der Waals surface area contributed by atoms with E-state index in [1.165, 1.54) is 0 Å². The van der Waals surface area contributed by atoms with E-state index in [0.717, 1.165) is 25.2 Å². The highest BCUT2D eigenvalue weighted by Gasteiger charge is 2.26. The fraction of sp³-hybridized carbons (Fsp3) is 0.562. The minimum atomic E-state index is -0.456. The van der Waals surface area contributed by atoms with Crippen LogP contribution in [0.4, 0.5) is 4.79 Å². The number of hydrogen-bond acceptors (Lipinski definition) is 3. The Labute approximate surface area is 141 Å². The van der Waals surface area contributed by atoms with Crippen LogP contribution in [0.5, 0.6) is 0 Å². The maximum Gasteiger partial charge on any atom is 0.410 e. The summed E-state index contributed by atoms with van der Waals surface area (Å²) in [5, 5.41) is 1.19. The predicted molar refractivity (Wildman–Crippen MR) is 89.5 cm³/mol. The van der Waals surface area contributed by atoms with Crippen molar-refractivity contribution in [2.24, 2.45) is 0 Å². The fourth-order valence-electron chi connectivity index (χ4n) is 2.33. The molecule has 1 aromatic carbocycles. The summed E-state index contributed by atoms with van der Waals surface area (Å²) < 4.78 is 5.40. The zero-order chi connectivity index (χ0) is 16.3. The van der Waals surface area contributed by atoms with Crippen molar-refractivity contribution >= 4 is 29.3 Å². The van der Waals surface area contributed by atoms with Crippen LogP contribution in [0.2, 0.25) is 10.0 Å². The summed E-state index contributed by atoms with van der Waals surface area (Å²) in [7, 11) is 0. The van der Waals surface area contributed by atoms with Crippen LogP contribution in [0.25, 0.3) is 0 Å². The van der Waals surface area contributed by atoms with Crippen LogP contribution in [0.15, 0.2) is 18.2 Å². The van der Waals surface area contributed by atoms with Crippen LogP contribution in [-0.2, 0) is 11.3 Å². The Hall–Kier alpha value is -0.970. The lowest BCUT2D eigenvalue weighted by molar-refractivity contribution is 0.0139. The maximum atomic E-state index is 12.0. The van der Waals surface area contributed by atoms with Crippen LogP contribution in [0.1, 0.15) is 26.3 Å². The summed E-state index contributed by atoms with van der Waals surface area (Å²) in [4.78, 5) is 16.0. The number of piperazine rings is 1. The highest BCUT2D eigenvalue weighted by atomic mass is 35.5. The average molecular weight is 345 g/mol. The molecule has 4 nitrogen and oxygen atoms in total. The van der Waals surface area contributed by atoms with Gasteiger partial charge in [-0.15, -0.1) is 0 Å². The molecule has 0 spiro atoms. The van der Waals surface area contributed by atoms with E-state index < -0.39 is 5.60 Å². The van der Waals surface area contributed by atoms with Gasteiger partial charge >= 0.3 is 6.09 Å². The minimum Gasteiger partial charge on any atom is -0.444 e. The average Bonchev–Trinajstić information content (AvgIpc) is 2.43. The molecule has 0 radical (unpaired) electrons. The van der Waals surface area contributed by atoms with Gasteiger partial charge in [-0.1, -0.05) is 35.3 Å². The van der Waals surface area contributed by atoms with Crippen LogP contribution in [0, 0.1) is 0 Å². The molecule has 0 aliphatic carbocycles. The molecule has 0 atom stereocenters. The third-order valence-electron chi connectivity index (χ3n) is 3.45. The second kappa shape index (κ2) is 7.07. The lowest BCUT2D eigenvalue weighted by Gasteiger charge is -2.35. The Balaban J connectivity index is 1.87. The predicted octanol–water partition coefficient (Wildman–Crippen LogP) is 4.05. The zero-order valence-electron chi connectivity index (χ0n) is 13.2. The van der Waals surface area contributed by atoms with Crippen molar-refractivity contribution in [2.75, 3.05) is 26.2 Å². The molecule has 0 saturated carbocycles. The first-order valence-electron chi connectivity index (χ1n) is 7.39. The summed E-state index contributed by atoms with van der Waals surface area (Å²) in [6.45, 7) is 9.28. The largest absolute Gasteiger partial charge is 0.444 e. The van der Waals surface area contributed by atoms with Crippen molar-refractivity contribution in [1.82, 2.24) is 9.80 Å². The van der Waals surface area contributed by atoms with E-state index in [-0.39, 0.29) is 6.09 Å². The van der Waals surface area contributed by atoms with E-state index in [4.69, 9.17) is 27.9 Å². The number of halogens is 2. The molecule has 1 saturated heterocycles. The van der Waals surface area contributed by atoms with E-state index in [9.17, 15) is 4.79 Å². The standard InChI is InChI=1S/C16H22Cl2N2O2/c1-16(2,3)22-15(21)20-9-7-19(8-10-20)11-12-5-4-6-13(17)14(12)18/h4-6H,7-11H2,1-3H3. The molecule has 1 heterocycles. The summed E-state index contributed by atoms with van der Waals surface area (Å²) >= 11 is 12.3. The summed E-state index contributed by atoms with van der Waals surface area (Å²) in [5.74, 6) is 0. The number of benzene rings is 1. The number of carbonyl (C=O) groups excluding carboxylic acids is 1. The van der Waals surface area contributed by atoms with Gasteiger partial charge < -0.3 is 9.64 Å². The van der Waals surface area contributed by atoms with Gasteiger partial charge in [0.2, 0.25) is 0 Å². The summed E-state index contributed by atoms with van der Waals surface area (Å²) in [5.41, 5.74) is 0.558. The van der Waals surface area contributed by atoms with Gasteiger partial charge in [-0.3, -0.25) is 4.90 Å². The van der Waals surface area contributed by atoms with Gasteiger partial charge in [0.05, 0.1) is 10.0 Å². The first-order valence-corrected chi connectivity index (χ1v) is 8.15. The SMILES string of the molecule is CC(C)(C)OC(=O)N1CCN(Cc2cccc(Cl)c2Cl)CC1. The Morgan fingerprint density at radius 2 is 1.82 bits per heavy atom. The number of nitrogens with zero attached hydrogens (tertiary/aromatic N) is 2. The minimum absolute atomic E-state index is 0.243. The molecule has 0 N–H and O–H groups in total. The van der Waals surface area contributed by atoms with E-state index in [1.807, 2.05) is 32.9 Å². The number of hydrogen-bond donors (Lipinski definition) is 0. The quantitative estimate of drug-likeness (QED) is 0.811. The zero-order valence-corrected chi connectivity index (χ0v) is 14.7. The summed E-state index contributed by atoms with van der Waals surface area (Å²) in [6, 6.07) is 5.67. The topological polar surface area (TPSA) is 32.8 Å². The van der Waals surface area contributed by atoms with Gasteiger partial charge in [0.15, 0.2) is 0 Å². The van der Waals surface area contributed by atoms with Crippen LogP contribution in [-0.4, -0.2) is 47.7 Å². The molecular formula is C16H22Cl2N2O2. The van der Waals surface area contributed by atoms with Gasteiger partial charge in [-0.25, -0.2) is 4.79 Å². The van der Waals surface area contributed by atoms with E-state index in [1.54, 1.807) is 11.0 Å². The number of rotatable bonds is 2. The molecule has 0 aromatic heterocycles. The highest BCUT2D eigenvalue weighted by molar-refractivity contribution is 6.42. The maximum absolute atomic E-state index is 12.0. The smallest absolute Gasteiger partial charge is 0.410 e. The van der Waals surface area contributed by atoms with Crippen molar-refractivity contribution in [3.05, 3.63) is 33.8 Å². The first-order chi connectivity index (χ1) is 10.3. The molecule has 22 heavy (non-hydrogen) atoms. The fourth-order valence-corrected chi connectivity index (χ4v) is 2.71. The molecule has 1 aromatic rings. The van der Waals surface area contributed by atoms with Crippen molar-refractivity contribution in [2.45, 2.75) is 32.9 Å². The van der Waals surface area contributed by atoms with Crippen molar-refractivity contribution < 1.29 is 9.53 Å². The summed E-state index contributed by atoms with van der Waals surface area (Å²) in [6.07, 6.45) is -0.243. The van der Waals surface area contributed by atoms with Gasteiger partial charge in [-0.2, -0.15) is 0 Å². The molecule has 6 heteroatoms. The lowest BCUT2D eigenvalue weighted by atomic mass is 10.2. The van der Waals surface area contributed by atoms with E-state index >= 15 is 0 Å². The molecule has 1 aliphatic heterocycles. The van der Waals surface area contributed by atoms with Crippen molar-refractivity contribution in [3.63, 3.8) is 0 Å². The van der Waals surface area contributed by atoms with Crippen molar-refractivity contribution in [3.8, 4) is 0 Å². The van der Waals surface area contributed by atoms with Crippen LogP contribution < -0.4 is 0 Å². The lowest BCUT2D eigenvalue weighted by Crippen LogP contribution is -2.49. The van der Waals surface area contributed by atoms with E-state index in [2.05, 4.69) is 4.90 Å². The number of carbonyl (C=O) groups is 1. The van der Waals surface area contributed by atoms with Gasteiger partial charge in [0.25, 0.3) is 0 Å². The van der Waals surface area contributed by atoms with Gasteiger partial charge in [0, 0.05) is 32.7 Å². The van der Waals surface area contributed by atoms with Gasteiger partial charge in [0.1, 0.15) is 5.60 Å². The molecule has 1 amide bonds. The second-order valence-electron chi connectivity index (χ2n) is 6.46. The van der Waals surface area contributed by atoms with E-state index in [0.29, 0.717) is 23.1 Å². The number of ether oxygens (including phenoxy) is 1. The third kappa shape index (κ3) is 4.77. The first kappa shape index (κ1) is 17.4. The number of amides is 1. The Morgan fingerprint density at radius 1 is 1.18 bits per heavy atom. The molecule has 2 rings (SSSR count). The third-order valence-corrected chi connectivity index (χ3v) is 4.31. The highest BCUT2D eigenvalue weighted by Crippen LogP contribution is 2.26. The molecular weight excluding hydrogens is 323 g/mol. The molecule has 0 unspecified atom stereocenters. The van der Waals surface area contributed by atoms with Gasteiger partial charge in [-0.05, 0) is 32.4 Å². The van der Waals surface area contributed by atoms with Crippen LogP contribution in [0.3, 0.4) is 0 Å². The Morgan fingerprint density at radius 3 is 2.41 bits per heavy atom. The molecule has 1 fully saturated rings. The van der Waals surface area contributed by atoms with Crippen molar-refractivity contribution in [1.29, 1.82) is 0 Å². The normalized spacial score (nSPS) is 16.7.